The third kappa shape index (κ3) is 5.41. The lowest BCUT2D eigenvalue weighted by Crippen LogP contribution is -2.13. The van der Waals surface area contributed by atoms with Crippen LogP contribution >= 0.6 is 23.2 Å². The smallest absolute Gasteiger partial charge is 0.255 e. The topological polar surface area (TPSA) is 47.6 Å². The van der Waals surface area contributed by atoms with Crippen molar-refractivity contribution in [2.24, 2.45) is 0 Å². The molecule has 144 valence electrons. The molecule has 3 aromatic rings. The second-order valence-corrected chi connectivity index (χ2v) is 6.84. The summed E-state index contributed by atoms with van der Waals surface area (Å²) in [6.45, 7) is 2.68. The van der Waals surface area contributed by atoms with Gasteiger partial charge < -0.3 is 14.8 Å². The molecule has 28 heavy (non-hydrogen) atoms. The molecular formula is C22H19Cl2NO3. The molecule has 0 aliphatic rings. The molecule has 3 aromatic carbocycles. The SMILES string of the molecule is CCOc1ccc(C(=O)Nc2cccc(Cl)c2)cc1COc1ccc(Cl)cc1. The standard InChI is InChI=1S/C22H19Cl2NO3/c1-2-27-21-11-6-15(22(26)25-19-5-3-4-18(24)13-19)12-16(21)14-28-20-9-7-17(23)8-10-20/h3-13H,2,14H2,1H3,(H,25,26). The van der Waals surface area contributed by atoms with E-state index >= 15 is 0 Å². The summed E-state index contributed by atoms with van der Waals surface area (Å²) < 4.78 is 11.5. The van der Waals surface area contributed by atoms with Crippen LogP contribution < -0.4 is 14.8 Å². The molecule has 3 rings (SSSR count). The minimum absolute atomic E-state index is 0.238. The van der Waals surface area contributed by atoms with Crippen LogP contribution in [0.3, 0.4) is 0 Å². The van der Waals surface area contributed by atoms with E-state index in [1.165, 1.54) is 0 Å². The fourth-order valence-electron chi connectivity index (χ4n) is 2.59. The normalized spacial score (nSPS) is 10.4. The lowest BCUT2D eigenvalue weighted by Gasteiger charge is -2.13. The molecule has 0 spiro atoms. The van der Waals surface area contributed by atoms with Crippen LogP contribution in [0.25, 0.3) is 0 Å². The lowest BCUT2D eigenvalue weighted by molar-refractivity contribution is 0.102. The van der Waals surface area contributed by atoms with Crippen molar-refractivity contribution in [1.82, 2.24) is 0 Å². The van der Waals surface area contributed by atoms with E-state index in [1.54, 1.807) is 66.7 Å². The zero-order valence-electron chi connectivity index (χ0n) is 15.2. The van der Waals surface area contributed by atoms with Crippen LogP contribution in [0.2, 0.25) is 10.0 Å². The molecule has 6 heteroatoms. The Morgan fingerprint density at radius 2 is 1.71 bits per heavy atom. The number of nitrogens with one attached hydrogen (secondary N) is 1. The fraction of sp³-hybridized carbons (Fsp3) is 0.136. The highest BCUT2D eigenvalue weighted by Crippen LogP contribution is 2.24. The van der Waals surface area contributed by atoms with Gasteiger partial charge in [0.2, 0.25) is 0 Å². The third-order valence-electron chi connectivity index (χ3n) is 3.91. The molecule has 1 N–H and O–H groups in total. The van der Waals surface area contributed by atoms with Crippen molar-refractivity contribution in [3.63, 3.8) is 0 Å². The zero-order chi connectivity index (χ0) is 19.9. The first-order valence-electron chi connectivity index (χ1n) is 8.76. The number of hydrogen-bond acceptors (Lipinski definition) is 3. The van der Waals surface area contributed by atoms with Gasteiger partial charge >= 0.3 is 0 Å². The Bertz CT molecular complexity index is 958. The van der Waals surface area contributed by atoms with E-state index in [4.69, 9.17) is 32.7 Å². The number of carbonyl (C=O) groups is 1. The second-order valence-electron chi connectivity index (χ2n) is 5.96. The predicted octanol–water partition coefficient (Wildman–Crippen LogP) is 6.22. The van der Waals surface area contributed by atoms with Crippen LogP contribution in [-0.2, 0) is 6.61 Å². The van der Waals surface area contributed by atoms with Gasteiger partial charge in [-0.2, -0.15) is 0 Å². The van der Waals surface area contributed by atoms with E-state index in [9.17, 15) is 4.79 Å². The van der Waals surface area contributed by atoms with Gasteiger partial charge in [0.05, 0.1) is 6.61 Å². The molecule has 1 amide bonds. The summed E-state index contributed by atoms with van der Waals surface area (Å²) in [6.07, 6.45) is 0. The van der Waals surface area contributed by atoms with E-state index in [1.807, 2.05) is 6.92 Å². The summed E-state index contributed by atoms with van der Waals surface area (Å²) in [4.78, 5) is 12.6. The number of amides is 1. The van der Waals surface area contributed by atoms with Crippen molar-refractivity contribution in [2.45, 2.75) is 13.5 Å². The molecule has 0 aromatic heterocycles. The van der Waals surface area contributed by atoms with E-state index in [0.717, 1.165) is 5.56 Å². The van der Waals surface area contributed by atoms with E-state index in [-0.39, 0.29) is 12.5 Å². The van der Waals surface area contributed by atoms with Gasteiger partial charge in [0.25, 0.3) is 5.91 Å². The Balaban J connectivity index is 1.77. The number of rotatable bonds is 7. The molecule has 4 nitrogen and oxygen atoms in total. The van der Waals surface area contributed by atoms with Gasteiger partial charge in [0.1, 0.15) is 18.1 Å². The first-order valence-corrected chi connectivity index (χ1v) is 9.52. The van der Waals surface area contributed by atoms with Crippen LogP contribution in [0.15, 0.2) is 66.7 Å². The van der Waals surface area contributed by atoms with Gasteiger partial charge in [0, 0.05) is 26.9 Å². The van der Waals surface area contributed by atoms with Crippen LogP contribution in [0.5, 0.6) is 11.5 Å². The Hall–Kier alpha value is -2.69. The summed E-state index contributed by atoms with van der Waals surface area (Å²) in [5, 5.41) is 4.04. The predicted molar refractivity (Wildman–Crippen MR) is 113 cm³/mol. The minimum Gasteiger partial charge on any atom is -0.493 e. The summed E-state index contributed by atoms with van der Waals surface area (Å²) in [5.41, 5.74) is 1.90. The molecule has 0 atom stereocenters. The lowest BCUT2D eigenvalue weighted by atomic mass is 10.1. The summed E-state index contributed by atoms with van der Waals surface area (Å²) in [7, 11) is 0. The van der Waals surface area contributed by atoms with E-state index in [2.05, 4.69) is 5.32 Å². The molecule has 0 aliphatic carbocycles. The van der Waals surface area contributed by atoms with Crippen molar-refractivity contribution < 1.29 is 14.3 Å². The summed E-state index contributed by atoms with van der Waals surface area (Å²) in [5.74, 6) is 1.12. The monoisotopic (exact) mass is 415 g/mol. The van der Waals surface area contributed by atoms with Gasteiger partial charge in [-0.3, -0.25) is 4.79 Å². The van der Waals surface area contributed by atoms with Gasteiger partial charge in [0.15, 0.2) is 0 Å². The highest BCUT2D eigenvalue weighted by Gasteiger charge is 2.12. The summed E-state index contributed by atoms with van der Waals surface area (Å²) >= 11 is 11.9. The Labute approximate surface area is 174 Å². The number of benzene rings is 3. The van der Waals surface area contributed by atoms with Crippen molar-refractivity contribution >= 4 is 34.8 Å². The maximum atomic E-state index is 12.6. The second kappa shape index (κ2) is 9.49. The van der Waals surface area contributed by atoms with Gasteiger partial charge in [-0.1, -0.05) is 29.3 Å². The largest absolute Gasteiger partial charge is 0.493 e. The number of halogens is 2. The molecule has 0 unspecified atom stereocenters. The first-order chi connectivity index (χ1) is 13.5. The van der Waals surface area contributed by atoms with Crippen molar-refractivity contribution in [1.29, 1.82) is 0 Å². The highest BCUT2D eigenvalue weighted by atomic mass is 35.5. The van der Waals surface area contributed by atoms with Crippen LogP contribution in [-0.4, -0.2) is 12.5 Å². The maximum Gasteiger partial charge on any atom is 0.255 e. The Morgan fingerprint density at radius 3 is 2.43 bits per heavy atom. The average Bonchev–Trinajstić information content (AvgIpc) is 2.68. The van der Waals surface area contributed by atoms with Gasteiger partial charge in [-0.05, 0) is 67.6 Å². The zero-order valence-corrected chi connectivity index (χ0v) is 16.8. The number of carbonyl (C=O) groups excluding carboxylic acids is 1. The van der Waals surface area contributed by atoms with Crippen molar-refractivity contribution in [2.75, 3.05) is 11.9 Å². The molecular weight excluding hydrogens is 397 g/mol. The molecule has 0 bridgehead atoms. The summed E-state index contributed by atoms with van der Waals surface area (Å²) in [6, 6.07) is 19.4. The molecule has 0 aliphatic heterocycles. The first kappa shape index (κ1) is 20.1. The van der Waals surface area contributed by atoms with Gasteiger partial charge in [-0.15, -0.1) is 0 Å². The van der Waals surface area contributed by atoms with Crippen molar-refractivity contribution in [3.8, 4) is 11.5 Å². The number of hydrogen-bond donors (Lipinski definition) is 1. The number of anilines is 1. The molecule has 0 fully saturated rings. The highest BCUT2D eigenvalue weighted by molar-refractivity contribution is 6.31. The average molecular weight is 416 g/mol. The fourth-order valence-corrected chi connectivity index (χ4v) is 2.91. The molecule has 0 heterocycles. The van der Waals surface area contributed by atoms with Crippen molar-refractivity contribution in [3.05, 3.63) is 87.9 Å². The quantitative estimate of drug-likeness (QED) is 0.497. The maximum absolute atomic E-state index is 12.6. The third-order valence-corrected chi connectivity index (χ3v) is 4.40. The van der Waals surface area contributed by atoms with Crippen LogP contribution in [0.1, 0.15) is 22.8 Å². The van der Waals surface area contributed by atoms with Crippen LogP contribution in [0, 0.1) is 0 Å². The van der Waals surface area contributed by atoms with E-state index < -0.39 is 0 Å². The van der Waals surface area contributed by atoms with Gasteiger partial charge in [-0.25, -0.2) is 0 Å². The Morgan fingerprint density at radius 1 is 0.929 bits per heavy atom. The molecule has 0 radical (unpaired) electrons. The molecule has 0 saturated carbocycles. The number of ether oxygens (including phenoxy) is 2. The minimum atomic E-state index is -0.238. The Kier molecular flexibility index (Phi) is 6.80. The molecule has 0 saturated heterocycles. The van der Waals surface area contributed by atoms with Crippen LogP contribution in [0.4, 0.5) is 5.69 Å². The van der Waals surface area contributed by atoms with E-state index in [0.29, 0.717) is 39.4 Å².